The van der Waals surface area contributed by atoms with Crippen molar-refractivity contribution in [3.63, 3.8) is 0 Å². The molecule has 0 saturated carbocycles. The Labute approximate surface area is 91.3 Å². The van der Waals surface area contributed by atoms with Crippen LogP contribution >= 0.6 is 0 Å². The average Bonchev–Trinajstić information content (AvgIpc) is 2.51. The van der Waals surface area contributed by atoms with Gasteiger partial charge < -0.3 is 10.4 Å². The molecule has 2 nitrogen and oxygen atoms in total. The van der Waals surface area contributed by atoms with Crippen LogP contribution in [-0.4, -0.2) is 23.3 Å². The summed E-state index contributed by atoms with van der Waals surface area (Å²) in [6.07, 6.45) is 1.61. The van der Waals surface area contributed by atoms with E-state index in [2.05, 4.69) is 31.3 Å². The van der Waals surface area contributed by atoms with E-state index in [1.165, 1.54) is 11.1 Å². The molecule has 1 heterocycles. The Hall–Kier alpha value is -0.860. The van der Waals surface area contributed by atoms with E-state index in [9.17, 15) is 5.11 Å². The Morgan fingerprint density at radius 3 is 2.80 bits per heavy atom. The Morgan fingerprint density at radius 1 is 1.47 bits per heavy atom. The number of nitrogens with one attached hydrogen (secondary N) is 1. The second kappa shape index (κ2) is 3.95. The minimum Gasteiger partial charge on any atom is -0.388 e. The zero-order valence-corrected chi connectivity index (χ0v) is 9.46. The molecule has 2 heteroatoms. The van der Waals surface area contributed by atoms with Gasteiger partial charge in [0.25, 0.3) is 0 Å². The number of aliphatic hydroxyl groups is 1. The van der Waals surface area contributed by atoms with Gasteiger partial charge in [-0.3, -0.25) is 0 Å². The largest absolute Gasteiger partial charge is 0.388 e. The molecule has 1 saturated heterocycles. The first-order chi connectivity index (χ1) is 7.12. The van der Waals surface area contributed by atoms with E-state index in [0.29, 0.717) is 0 Å². The van der Waals surface area contributed by atoms with Gasteiger partial charge in [-0.25, -0.2) is 0 Å². The Kier molecular flexibility index (Phi) is 2.81. The van der Waals surface area contributed by atoms with E-state index in [1.807, 2.05) is 12.1 Å². The molecular weight excluding hydrogens is 186 g/mol. The molecule has 0 aromatic heterocycles. The van der Waals surface area contributed by atoms with E-state index in [1.54, 1.807) is 0 Å². The molecule has 2 unspecified atom stereocenters. The standard InChI is InChI=1S/C13H19NO/c1-10-5-3-4-6-12(10)9-13(15)7-8-14-11(13)2/h3-6,11,14-15H,7-9H2,1-2H3. The van der Waals surface area contributed by atoms with Crippen molar-refractivity contribution in [2.75, 3.05) is 6.54 Å². The fourth-order valence-corrected chi connectivity index (χ4v) is 2.29. The van der Waals surface area contributed by atoms with Crippen LogP contribution in [0.2, 0.25) is 0 Å². The molecule has 0 amide bonds. The maximum absolute atomic E-state index is 10.5. The minimum atomic E-state index is -0.563. The van der Waals surface area contributed by atoms with E-state index < -0.39 is 5.60 Å². The molecule has 1 aromatic rings. The van der Waals surface area contributed by atoms with Crippen LogP contribution in [0.3, 0.4) is 0 Å². The first-order valence-electron chi connectivity index (χ1n) is 5.62. The zero-order chi connectivity index (χ0) is 10.9. The fourth-order valence-electron chi connectivity index (χ4n) is 2.29. The highest BCUT2D eigenvalue weighted by molar-refractivity contribution is 5.27. The smallest absolute Gasteiger partial charge is 0.0849 e. The third-order valence-electron chi connectivity index (χ3n) is 3.57. The third-order valence-corrected chi connectivity index (χ3v) is 3.57. The molecule has 2 atom stereocenters. The van der Waals surface area contributed by atoms with Crippen molar-refractivity contribution in [2.45, 2.75) is 38.3 Å². The van der Waals surface area contributed by atoms with Crippen molar-refractivity contribution >= 4 is 0 Å². The summed E-state index contributed by atoms with van der Waals surface area (Å²) >= 11 is 0. The van der Waals surface area contributed by atoms with E-state index >= 15 is 0 Å². The SMILES string of the molecule is Cc1ccccc1CC1(O)CCNC1C. The second-order valence-corrected chi connectivity index (χ2v) is 4.63. The van der Waals surface area contributed by atoms with Gasteiger partial charge in [0.1, 0.15) is 0 Å². The summed E-state index contributed by atoms with van der Waals surface area (Å²) in [7, 11) is 0. The lowest BCUT2D eigenvalue weighted by Gasteiger charge is -2.27. The maximum Gasteiger partial charge on any atom is 0.0849 e. The summed E-state index contributed by atoms with van der Waals surface area (Å²) in [5.74, 6) is 0. The van der Waals surface area contributed by atoms with Gasteiger partial charge >= 0.3 is 0 Å². The molecule has 1 fully saturated rings. The topological polar surface area (TPSA) is 32.3 Å². The van der Waals surface area contributed by atoms with Gasteiger partial charge in [-0.15, -0.1) is 0 Å². The molecule has 1 aromatic carbocycles. The van der Waals surface area contributed by atoms with Crippen LogP contribution in [0.4, 0.5) is 0 Å². The molecule has 15 heavy (non-hydrogen) atoms. The molecule has 1 aliphatic rings. The molecule has 0 aliphatic carbocycles. The van der Waals surface area contributed by atoms with Gasteiger partial charge in [0.2, 0.25) is 0 Å². The number of hydrogen-bond acceptors (Lipinski definition) is 2. The number of aryl methyl sites for hydroxylation is 1. The van der Waals surface area contributed by atoms with Gasteiger partial charge in [0.05, 0.1) is 5.60 Å². The zero-order valence-electron chi connectivity index (χ0n) is 9.46. The molecule has 0 bridgehead atoms. The fraction of sp³-hybridized carbons (Fsp3) is 0.538. The number of rotatable bonds is 2. The van der Waals surface area contributed by atoms with Gasteiger partial charge in [-0.1, -0.05) is 24.3 Å². The monoisotopic (exact) mass is 205 g/mol. The molecule has 82 valence electrons. The summed E-state index contributed by atoms with van der Waals surface area (Å²) in [5, 5.41) is 13.8. The van der Waals surface area contributed by atoms with Crippen LogP contribution in [0.5, 0.6) is 0 Å². The Morgan fingerprint density at radius 2 is 2.20 bits per heavy atom. The van der Waals surface area contributed by atoms with Crippen molar-refractivity contribution in [1.82, 2.24) is 5.32 Å². The van der Waals surface area contributed by atoms with Crippen molar-refractivity contribution in [2.24, 2.45) is 0 Å². The maximum atomic E-state index is 10.5. The predicted molar refractivity (Wildman–Crippen MR) is 61.9 cm³/mol. The summed E-state index contributed by atoms with van der Waals surface area (Å²) in [4.78, 5) is 0. The van der Waals surface area contributed by atoms with E-state index in [4.69, 9.17) is 0 Å². The molecular formula is C13H19NO. The lowest BCUT2D eigenvalue weighted by Crippen LogP contribution is -2.42. The summed E-state index contributed by atoms with van der Waals surface area (Å²) < 4.78 is 0. The van der Waals surface area contributed by atoms with E-state index in [0.717, 1.165) is 19.4 Å². The first-order valence-corrected chi connectivity index (χ1v) is 5.62. The quantitative estimate of drug-likeness (QED) is 0.769. The highest BCUT2D eigenvalue weighted by atomic mass is 16.3. The van der Waals surface area contributed by atoms with E-state index in [-0.39, 0.29) is 6.04 Å². The third kappa shape index (κ3) is 2.06. The molecule has 2 N–H and O–H groups in total. The predicted octanol–water partition coefficient (Wildman–Crippen LogP) is 1.65. The van der Waals surface area contributed by atoms with Crippen molar-refractivity contribution < 1.29 is 5.11 Å². The van der Waals surface area contributed by atoms with Gasteiger partial charge in [-0.2, -0.15) is 0 Å². The lowest BCUT2D eigenvalue weighted by atomic mass is 9.87. The molecule has 0 radical (unpaired) electrons. The van der Waals surface area contributed by atoms with Crippen LogP contribution in [0.25, 0.3) is 0 Å². The molecule has 1 aliphatic heterocycles. The van der Waals surface area contributed by atoms with Gasteiger partial charge in [-0.05, 0) is 37.9 Å². The average molecular weight is 205 g/mol. The second-order valence-electron chi connectivity index (χ2n) is 4.63. The van der Waals surface area contributed by atoms with Crippen LogP contribution in [0.1, 0.15) is 24.5 Å². The van der Waals surface area contributed by atoms with Crippen LogP contribution in [0.15, 0.2) is 24.3 Å². The Bertz CT molecular complexity index is 350. The summed E-state index contributed by atoms with van der Waals surface area (Å²) in [6, 6.07) is 8.49. The molecule has 0 spiro atoms. The molecule has 2 rings (SSSR count). The number of hydrogen-bond donors (Lipinski definition) is 2. The van der Waals surface area contributed by atoms with Crippen LogP contribution in [-0.2, 0) is 6.42 Å². The van der Waals surface area contributed by atoms with Crippen molar-refractivity contribution in [3.8, 4) is 0 Å². The highest BCUT2D eigenvalue weighted by Gasteiger charge is 2.38. The number of benzene rings is 1. The normalized spacial score (nSPS) is 30.7. The summed E-state index contributed by atoms with van der Waals surface area (Å²) in [6.45, 7) is 5.08. The first kappa shape index (κ1) is 10.7. The van der Waals surface area contributed by atoms with Crippen LogP contribution in [0, 0.1) is 6.92 Å². The Balaban J connectivity index is 2.18. The lowest BCUT2D eigenvalue weighted by molar-refractivity contribution is 0.0333. The van der Waals surface area contributed by atoms with Crippen molar-refractivity contribution in [3.05, 3.63) is 35.4 Å². The van der Waals surface area contributed by atoms with Gasteiger partial charge in [0, 0.05) is 12.5 Å². The van der Waals surface area contributed by atoms with Gasteiger partial charge in [0.15, 0.2) is 0 Å². The summed E-state index contributed by atoms with van der Waals surface area (Å²) in [5.41, 5.74) is 1.96. The highest BCUT2D eigenvalue weighted by Crippen LogP contribution is 2.26. The van der Waals surface area contributed by atoms with Crippen molar-refractivity contribution in [1.29, 1.82) is 0 Å². The minimum absolute atomic E-state index is 0.192. The van der Waals surface area contributed by atoms with Crippen LogP contribution < -0.4 is 5.32 Å².